The molecule has 20 heavy (non-hydrogen) atoms. The maximum atomic E-state index is 12.5. The molecule has 1 heterocycles. The van der Waals surface area contributed by atoms with Crippen LogP contribution in [0.15, 0.2) is 0 Å². The number of hydrogen-bond donors (Lipinski definition) is 2. The summed E-state index contributed by atoms with van der Waals surface area (Å²) in [7, 11) is 1.49. The molecule has 4 unspecified atom stereocenters. The summed E-state index contributed by atoms with van der Waals surface area (Å²) >= 11 is 0. The standard InChI is InChI=1S/C14H24N2O4/c1-20-8-10(15)13(17)16-11-5-3-2-4-9(11)6-7-12(16)14(18)19/h9-12H,2-8,15H2,1H3,(H,18,19). The lowest BCUT2D eigenvalue weighted by Crippen LogP contribution is -2.61. The third kappa shape index (κ3) is 2.96. The number of methoxy groups -OCH3 is 1. The summed E-state index contributed by atoms with van der Waals surface area (Å²) in [5.74, 6) is -0.777. The van der Waals surface area contributed by atoms with E-state index in [-0.39, 0.29) is 18.6 Å². The predicted molar refractivity (Wildman–Crippen MR) is 73.1 cm³/mol. The van der Waals surface area contributed by atoms with Gasteiger partial charge in [-0.1, -0.05) is 12.8 Å². The van der Waals surface area contributed by atoms with E-state index in [1.165, 1.54) is 13.5 Å². The number of carboxylic acids is 1. The molecule has 1 amide bonds. The van der Waals surface area contributed by atoms with Gasteiger partial charge in [-0.2, -0.15) is 0 Å². The van der Waals surface area contributed by atoms with Crippen LogP contribution < -0.4 is 5.73 Å². The van der Waals surface area contributed by atoms with E-state index in [1.807, 2.05) is 0 Å². The van der Waals surface area contributed by atoms with Gasteiger partial charge in [-0.25, -0.2) is 4.79 Å². The number of carboxylic acid groups (broad SMARTS) is 1. The zero-order chi connectivity index (χ0) is 14.7. The van der Waals surface area contributed by atoms with E-state index in [4.69, 9.17) is 10.5 Å². The van der Waals surface area contributed by atoms with Gasteiger partial charge in [-0.3, -0.25) is 4.79 Å². The van der Waals surface area contributed by atoms with Gasteiger partial charge in [0.25, 0.3) is 0 Å². The fraction of sp³-hybridized carbons (Fsp3) is 0.857. The van der Waals surface area contributed by atoms with Crippen LogP contribution in [0.5, 0.6) is 0 Å². The zero-order valence-corrected chi connectivity index (χ0v) is 12.0. The van der Waals surface area contributed by atoms with Crippen LogP contribution in [0.4, 0.5) is 0 Å². The minimum absolute atomic E-state index is 0.0361. The van der Waals surface area contributed by atoms with E-state index >= 15 is 0 Å². The number of carbonyl (C=O) groups excluding carboxylic acids is 1. The maximum Gasteiger partial charge on any atom is 0.326 e. The first-order valence-corrected chi connectivity index (χ1v) is 7.35. The van der Waals surface area contributed by atoms with E-state index in [9.17, 15) is 14.7 Å². The second-order valence-corrected chi connectivity index (χ2v) is 5.85. The van der Waals surface area contributed by atoms with Crippen molar-refractivity contribution in [1.82, 2.24) is 4.90 Å². The van der Waals surface area contributed by atoms with Crippen molar-refractivity contribution in [3.8, 4) is 0 Å². The smallest absolute Gasteiger partial charge is 0.326 e. The second-order valence-electron chi connectivity index (χ2n) is 5.85. The topological polar surface area (TPSA) is 92.9 Å². The van der Waals surface area contributed by atoms with Crippen molar-refractivity contribution in [2.24, 2.45) is 11.7 Å². The van der Waals surface area contributed by atoms with Crippen LogP contribution in [0.25, 0.3) is 0 Å². The molecular weight excluding hydrogens is 260 g/mol. The van der Waals surface area contributed by atoms with E-state index in [0.717, 1.165) is 25.7 Å². The summed E-state index contributed by atoms with van der Waals surface area (Å²) in [6.07, 6.45) is 5.62. The van der Waals surface area contributed by atoms with E-state index in [1.54, 1.807) is 4.90 Å². The molecule has 0 aromatic rings. The van der Waals surface area contributed by atoms with Gasteiger partial charge in [0.05, 0.1) is 6.61 Å². The molecule has 2 rings (SSSR count). The number of aliphatic carboxylic acids is 1. The van der Waals surface area contributed by atoms with Gasteiger partial charge in [0.15, 0.2) is 0 Å². The normalized spacial score (nSPS) is 31.5. The summed E-state index contributed by atoms with van der Waals surface area (Å²) < 4.78 is 4.93. The van der Waals surface area contributed by atoms with Gasteiger partial charge in [0.1, 0.15) is 12.1 Å². The average Bonchev–Trinajstić information content (AvgIpc) is 2.45. The largest absolute Gasteiger partial charge is 0.480 e. The molecule has 2 aliphatic rings. The Labute approximate surface area is 119 Å². The summed E-state index contributed by atoms with van der Waals surface area (Å²) in [5.41, 5.74) is 5.83. The molecule has 1 aliphatic heterocycles. The number of carbonyl (C=O) groups is 2. The lowest BCUT2D eigenvalue weighted by Gasteiger charge is -2.47. The van der Waals surface area contributed by atoms with Crippen molar-refractivity contribution < 1.29 is 19.4 Å². The molecule has 4 atom stereocenters. The number of amides is 1. The van der Waals surface area contributed by atoms with Crippen LogP contribution >= 0.6 is 0 Å². The fourth-order valence-corrected chi connectivity index (χ4v) is 3.63. The van der Waals surface area contributed by atoms with Crippen molar-refractivity contribution in [1.29, 1.82) is 0 Å². The first kappa shape index (κ1) is 15.3. The molecule has 2 fully saturated rings. The number of nitrogens with two attached hydrogens (primary N) is 1. The number of ether oxygens (including phenoxy) is 1. The highest BCUT2D eigenvalue weighted by molar-refractivity contribution is 5.87. The second kappa shape index (κ2) is 6.54. The van der Waals surface area contributed by atoms with E-state index in [2.05, 4.69) is 0 Å². The van der Waals surface area contributed by atoms with Gasteiger partial charge in [0.2, 0.25) is 5.91 Å². The monoisotopic (exact) mass is 284 g/mol. The first-order valence-electron chi connectivity index (χ1n) is 7.35. The highest BCUT2D eigenvalue weighted by Gasteiger charge is 2.44. The quantitative estimate of drug-likeness (QED) is 0.788. The Morgan fingerprint density at radius 3 is 2.65 bits per heavy atom. The number of hydrogen-bond acceptors (Lipinski definition) is 4. The van der Waals surface area contributed by atoms with Crippen LogP contribution in [-0.2, 0) is 14.3 Å². The van der Waals surface area contributed by atoms with Crippen LogP contribution in [-0.4, -0.2) is 53.7 Å². The van der Waals surface area contributed by atoms with Gasteiger partial charge in [-0.05, 0) is 31.6 Å². The molecule has 3 N–H and O–H groups in total. The van der Waals surface area contributed by atoms with Crippen molar-refractivity contribution in [3.63, 3.8) is 0 Å². The molecule has 1 saturated carbocycles. The molecule has 0 bridgehead atoms. The van der Waals surface area contributed by atoms with Crippen molar-refractivity contribution in [2.75, 3.05) is 13.7 Å². The Hall–Kier alpha value is -1.14. The zero-order valence-electron chi connectivity index (χ0n) is 12.0. The number of fused-ring (bicyclic) bond motifs is 1. The fourth-order valence-electron chi connectivity index (χ4n) is 3.63. The Morgan fingerprint density at radius 2 is 2.00 bits per heavy atom. The van der Waals surface area contributed by atoms with Gasteiger partial charge in [-0.15, -0.1) is 0 Å². The molecule has 0 aromatic carbocycles. The van der Waals surface area contributed by atoms with Crippen molar-refractivity contribution >= 4 is 11.9 Å². The third-order valence-electron chi connectivity index (χ3n) is 4.58. The predicted octanol–water partition coefficient (Wildman–Crippen LogP) is 0.595. The Morgan fingerprint density at radius 1 is 1.30 bits per heavy atom. The molecule has 6 nitrogen and oxygen atoms in total. The van der Waals surface area contributed by atoms with Crippen LogP contribution in [0.2, 0.25) is 0 Å². The van der Waals surface area contributed by atoms with Crippen LogP contribution in [0.3, 0.4) is 0 Å². The van der Waals surface area contributed by atoms with Crippen LogP contribution in [0.1, 0.15) is 38.5 Å². The summed E-state index contributed by atoms with van der Waals surface area (Å²) in [6.45, 7) is 0.124. The maximum absolute atomic E-state index is 12.5. The molecule has 114 valence electrons. The van der Waals surface area contributed by atoms with Gasteiger partial charge in [0, 0.05) is 13.2 Å². The molecule has 0 spiro atoms. The number of rotatable bonds is 4. The highest BCUT2D eigenvalue weighted by atomic mass is 16.5. The minimum Gasteiger partial charge on any atom is -0.480 e. The van der Waals surface area contributed by atoms with Gasteiger partial charge >= 0.3 is 5.97 Å². The lowest BCUT2D eigenvalue weighted by molar-refractivity contribution is -0.159. The molecular formula is C14H24N2O4. The first-order chi connectivity index (χ1) is 9.56. The number of likely N-dealkylation sites (tertiary alicyclic amines) is 1. The summed E-state index contributed by atoms with van der Waals surface area (Å²) in [4.78, 5) is 25.5. The van der Waals surface area contributed by atoms with Crippen LogP contribution in [0, 0.1) is 5.92 Å². The van der Waals surface area contributed by atoms with Crippen molar-refractivity contribution in [2.45, 2.75) is 56.7 Å². The van der Waals surface area contributed by atoms with E-state index in [0.29, 0.717) is 12.3 Å². The summed E-state index contributed by atoms with van der Waals surface area (Å²) in [5, 5.41) is 9.39. The molecule has 1 aliphatic carbocycles. The van der Waals surface area contributed by atoms with Crippen molar-refractivity contribution in [3.05, 3.63) is 0 Å². The number of piperidine rings is 1. The van der Waals surface area contributed by atoms with E-state index < -0.39 is 18.1 Å². The minimum atomic E-state index is -0.924. The lowest BCUT2D eigenvalue weighted by atomic mass is 9.76. The molecule has 0 aromatic heterocycles. The summed E-state index contributed by atoms with van der Waals surface area (Å²) in [6, 6.07) is -1.47. The average molecular weight is 284 g/mol. The molecule has 6 heteroatoms. The van der Waals surface area contributed by atoms with Gasteiger partial charge < -0.3 is 20.5 Å². The molecule has 1 saturated heterocycles. The number of nitrogens with zero attached hydrogens (tertiary/aromatic N) is 1. The molecule has 0 radical (unpaired) electrons. The Balaban J connectivity index is 2.20. The SMILES string of the molecule is COCC(N)C(=O)N1C(C(=O)O)CCC2CCCCC21. The Kier molecular flexibility index (Phi) is 4.99. The third-order valence-corrected chi connectivity index (χ3v) is 4.58. The highest BCUT2D eigenvalue weighted by Crippen LogP contribution is 2.38. The Bertz CT molecular complexity index is 374.